The molecule has 50 valence electrons. The lowest BCUT2D eigenvalue weighted by Gasteiger charge is -2.19. The van der Waals surface area contributed by atoms with E-state index in [0.29, 0.717) is 0 Å². The first-order valence-corrected chi connectivity index (χ1v) is 2.96. The third-order valence-corrected chi connectivity index (χ3v) is 1.80. The summed E-state index contributed by atoms with van der Waals surface area (Å²) in [7, 11) is 0. The summed E-state index contributed by atoms with van der Waals surface area (Å²) < 4.78 is 0. The molecule has 0 radical (unpaired) electrons. The van der Waals surface area contributed by atoms with Gasteiger partial charge >= 0.3 is 0 Å². The van der Waals surface area contributed by atoms with Crippen LogP contribution in [0.15, 0.2) is 12.2 Å². The number of carbonyl (C=O) groups excluding carboxylic acids is 1. The first-order chi connectivity index (χ1) is 4.05. The average molecular weight is 126 g/mol. The number of rotatable bonds is 0. The Bertz CT molecular complexity index is 168. The van der Waals surface area contributed by atoms with Crippen molar-refractivity contribution < 1.29 is 9.90 Å². The third-order valence-electron chi connectivity index (χ3n) is 1.80. The number of ketones is 1. The van der Waals surface area contributed by atoms with E-state index in [-0.39, 0.29) is 5.78 Å². The molecule has 0 aromatic rings. The first kappa shape index (κ1) is 6.49. The number of allylic oxidation sites excluding steroid dienone is 1. The molecular formula is C7H10O2. The largest absolute Gasteiger partial charge is 0.388 e. The minimum absolute atomic E-state index is 0.00926. The Labute approximate surface area is 54.2 Å². The second-order valence-electron chi connectivity index (χ2n) is 2.89. The van der Waals surface area contributed by atoms with E-state index >= 15 is 0 Å². The number of carbonyl (C=O) groups is 1. The van der Waals surface area contributed by atoms with Crippen LogP contribution in [0.3, 0.4) is 0 Å². The van der Waals surface area contributed by atoms with Crippen LogP contribution < -0.4 is 0 Å². The molecule has 9 heavy (non-hydrogen) atoms. The summed E-state index contributed by atoms with van der Waals surface area (Å²) in [5, 5.41) is 9.12. The van der Waals surface area contributed by atoms with E-state index in [1.54, 1.807) is 13.8 Å². The molecule has 0 amide bonds. The predicted molar refractivity (Wildman–Crippen MR) is 33.9 cm³/mol. The maximum absolute atomic E-state index is 10.9. The van der Waals surface area contributed by atoms with Crippen molar-refractivity contribution in [2.75, 3.05) is 0 Å². The molecule has 0 bridgehead atoms. The van der Waals surface area contributed by atoms with Gasteiger partial charge in [-0.05, 0) is 19.9 Å². The van der Waals surface area contributed by atoms with Crippen LogP contribution >= 0.6 is 0 Å². The summed E-state index contributed by atoms with van der Waals surface area (Å²) in [6.07, 6.45) is 2.37. The normalized spacial score (nSPS) is 31.4. The molecule has 0 saturated heterocycles. The van der Waals surface area contributed by atoms with Crippen molar-refractivity contribution >= 4 is 5.78 Å². The van der Waals surface area contributed by atoms with Gasteiger partial charge in [0.1, 0.15) is 0 Å². The minimum Gasteiger partial charge on any atom is -0.388 e. The van der Waals surface area contributed by atoms with E-state index in [4.69, 9.17) is 5.11 Å². The molecule has 0 spiro atoms. The highest BCUT2D eigenvalue weighted by atomic mass is 16.3. The molecular weight excluding hydrogens is 116 g/mol. The summed E-state index contributed by atoms with van der Waals surface area (Å²) in [6.45, 7) is 3.47. The monoisotopic (exact) mass is 126 g/mol. The van der Waals surface area contributed by atoms with E-state index in [2.05, 4.69) is 0 Å². The van der Waals surface area contributed by atoms with E-state index in [0.717, 1.165) is 0 Å². The molecule has 2 nitrogen and oxygen atoms in total. The number of hydrogen-bond donors (Lipinski definition) is 1. The highest BCUT2D eigenvalue weighted by molar-refractivity contribution is 5.97. The topological polar surface area (TPSA) is 37.3 Å². The summed E-state index contributed by atoms with van der Waals surface area (Å²) in [4.78, 5) is 10.9. The molecule has 1 aliphatic carbocycles. The zero-order valence-electron chi connectivity index (χ0n) is 5.59. The van der Waals surface area contributed by atoms with Gasteiger partial charge in [0.05, 0.1) is 11.5 Å². The van der Waals surface area contributed by atoms with Crippen LogP contribution in [0.25, 0.3) is 0 Å². The second kappa shape index (κ2) is 1.67. The van der Waals surface area contributed by atoms with Crippen LogP contribution in [0.1, 0.15) is 13.8 Å². The van der Waals surface area contributed by atoms with Crippen LogP contribution in [0, 0.1) is 5.41 Å². The predicted octanol–water partition coefficient (Wildman–Crippen LogP) is 0.512. The van der Waals surface area contributed by atoms with Crippen LogP contribution in [-0.2, 0) is 4.79 Å². The average Bonchev–Trinajstić information content (AvgIpc) is 1.96. The van der Waals surface area contributed by atoms with Crippen LogP contribution in [0.5, 0.6) is 0 Å². The van der Waals surface area contributed by atoms with Crippen molar-refractivity contribution in [2.45, 2.75) is 20.0 Å². The van der Waals surface area contributed by atoms with Crippen molar-refractivity contribution in [3.05, 3.63) is 12.2 Å². The Morgan fingerprint density at radius 3 is 2.33 bits per heavy atom. The molecule has 1 rings (SSSR count). The maximum atomic E-state index is 10.9. The lowest BCUT2D eigenvalue weighted by molar-refractivity contribution is -0.124. The van der Waals surface area contributed by atoms with Crippen molar-refractivity contribution in [3.8, 4) is 0 Å². The van der Waals surface area contributed by atoms with Crippen LogP contribution in [-0.4, -0.2) is 17.0 Å². The van der Waals surface area contributed by atoms with Crippen molar-refractivity contribution in [1.29, 1.82) is 0 Å². The summed E-state index contributed by atoms with van der Waals surface area (Å²) >= 11 is 0. The van der Waals surface area contributed by atoms with Crippen molar-refractivity contribution in [1.82, 2.24) is 0 Å². The molecule has 0 aliphatic heterocycles. The van der Waals surface area contributed by atoms with E-state index in [1.807, 2.05) is 0 Å². The second-order valence-corrected chi connectivity index (χ2v) is 2.89. The Kier molecular flexibility index (Phi) is 1.21. The van der Waals surface area contributed by atoms with E-state index in [1.165, 1.54) is 12.2 Å². The molecule has 0 fully saturated rings. The van der Waals surface area contributed by atoms with Gasteiger partial charge in [0.25, 0.3) is 0 Å². The highest BCUT2D eigenvalue weighted by Crippen LogP contribution is 2.28. The van der Waals surface area contributed by atoms with Gasteiger partial charge in [0.15, 0.2) is 5.78 Å². The molecule has 0 saturated carbocycles. The van der Waals surface area contributed by atoms with Crippen molar-refractivity contribution in [3.63, 3.8) is 0 Å². The molecule has 0 unspecified atom stereocenters. The Hall–Kier alpha value is -0.630. The lowest BCUT2D eigenvalue weighted by atomic mass is 9.87. The SMILES string of the molecule is CC1(C)C(=O)C=C[C@H]1O. The molecule has 1 N–H and O–H groups in total. The smallest absolute Gasteiger partial charge is 0.163 e. The summed E-state index contributed by atoms with van der Waals surface area (Å²) in [6, 6.07) is 0. The van der Waals surface area contributed by atoms with Gasteiger partial charge in [0.2, 0.25) is 0 Å². The van der Waals surface area contributed by atoms with E-state index < -0.39 is 11.5 Å². The maximum Gasteiger partial charge on any atom is 0.163 e. The molecule has 1 aliphatic rings. The number of hydrogen-bond acceptors (Lipinski definition) is 2. The zero-order valence-corrected chi connectivity index (χ0v) is 5.59. The van der Waals surface area contributed by atoms with Crippen molar-refractivity contribution in [2.24, 2.45) is 5.41 Å². The quantitative estimate of drug-likeness (QED) is 0.513. The van der Waals surface area contributed by atoms with E-state index in [9.17, 15) is 4.79 Å². The van der Waals surface area contributed by atoms with Gasteiger partial charge in [-0.3, -0.25) is 4.79 Å². The fourth-order valence-electron chi connectivity index (χ4n) is 0.780. The van der Waals surface area contributed by atoms with Crippen LogP contribution in [0.2, 0.25) is 0 Å². The fourth-order valence-corrected chi connectivity index (χ4v) is 0.780. The van der Waals surface area contributed by atoms with Gasteiger partial charge in [-0.15, -0.1) is 0 Å². The van der Waals surface area contributed by atoms with Gasteiger partial charge in [-0.2, -0.15) is 0 Å². The number of aliphatic hydroxyl groups is 1. The molecule has 1 atom stereocenters. The molecule has 0 aromatic carbocycles. The van der Waals surface area contributed by atoms with Crippen LogP contribution in [0.4, 0.5) is 0 Å². The Morgan fingerprint density at radius 1 is 1.67 bits per heavy atom. The van der Waals surface area contributed by atoms with Gasteiger partial charge in [0, 0.05) is 0 Å². The Balaban J connectivity index is 2.88. The molecule has 0 heterocycles. The van der Waals surface area contributed by atoms with Gasteiger partial charge in [-0.1, -0.05) is 6.08 Å². The lowest BCUT2D eigenvalue weighted by Crippen LogP contribution is -2.29. The first-order valence-electron chi connectivity index (χ1n) is 2.96. The molecule has 0 aromatic heterocycles. The molecule has 2 heteroatoms. The van der Waals surface area contributed by atoms with Gasteiger partial charge < -0.3 is 5.11 Å². The van der Waals surface area contributed by atoms with Gasteiger partial charge in [-0.25, -0.2) is 0 Å². The standard InChI is InChI=1S/C7H10O2/c1-7(2)5(8)3-4-6(7)9/h3-5,8H,1-2H3/t5-/m1/s1. The third kappa shape index (κ3) is 0.793. The summed E-state index contributed by atoms with van der Waals surface area (Å²) in [5.41, 5.74) is -0.583. The summed E-state index contributed by atoms with van der Waals surface area (Å²) in [5.74, 6) is 0.00926. The zero-order chi connectivity index (χ0) is 7.07. The number of aliphatic hydroxyl groups excluding tert-OH is 1. The Morgan fingerprint density at radius 2 is 2.22 bits per heavy atom. The highest BCUT2D eigenvalue weighted by Gasteiger charge is 2.36. The minimum atomic E-state index is -0.593. The fraction of sp³-hybridized carbons (Fsp3) is 0.571.